The molecule has 2 fully saturated rings. The predicted molar refractivity (Wildman–Crippen MR) is 90.0 cm³/mol. The number of rotatable bonds is 5. The van der Waals surface area contributed by atoms with E-state index in [0.717, 1.165) is 43.5 Å². The van der Waals surface area contributed by atoms with Crippen molar-refractivity contribution in [2.45, 2.75) is 25.5 Å². The highest BCUT2D eigenvalue weighted by atomic mass is 16.5. The Labute approximate surface area is 141 Å². The van der Waals surface area contributed by atoms with Gasteiger partial charge in [-0.3, -0.25) is 9.69 Å². The zero-order valence-corrected chi connectivity index (χ0v) is 13.7. The molecule has 0 spiro atoms. The fourth-order valence-electron chi connectivity index (χ4n) is 3.19. The van der Waals surface area contributed by atoms with Crippen molar-refractivity contribution in [3.8, 4) is 5.75 Å². The minimum Gasteiger partial charge on any atom is -0.489 e. The van der Waals surface area contributed by atoms with E-state index in [9.17, 15) is 4.79 Å². The van der Waals surface area contributed by atoms with Gasteiger partial charge in [0, 0.05) is 37.8 Å². The topological polar surface area (TPSA) is 45.9 Å². The molecule has 1 saturated carbocycles. The quantitative estimate of drug-likeness (QED) is 0.847. The van der Waals surface area contributed by atoms with Crippen LogP contribution in [0.4, 0.5) is 0 Å². The summed E-state index contributed by atoms with van der Waals surface area (Å²) >= 11 is 0. The Kier molecular flexibility index (Phi) is 4.26. The minimum absolute atomic E-state index is 0.0258. The molecule has 1 aliphatic carbocycles. The van der Waals surface area contributed by atoms with Gasteiger partial charge in [-0.2, -0.15) is 0 Å². The largest absolute Gasteiger partial charge is 0.489 e. The zero-order chi connectivity index (χ0) is 16.4. The molecule has 2 aromatic rings. The number of para-hydroxylation sites is 1. The molecule has 0 atom stereocenters. The van der Waals surface area contributed by atoms with Gasteiger partial charge < -0.3 is 14.1 Å². The molecule has 1 aromatic carbocycles. The van der Waals surface area contributed by atoms with Crippen LogP contribution in [-0.4, -0.2) is 47.9 Å². The van der Waals surface area contributed by atoms with E-state index in [1.165, 1.54) is 12.8 Å². The number of piperazine rings is 1. The van der Waals surface area contributed by atoms with E-state index in [2.05, 4.69) is 4.90 Å². The summed E-state index contributed by atoms with van der Waals surface area (Å²) < 4.78 is 11.2. The van der Waals surface area contributed by atoms with Gasteiger partial charge in [-0.05, 0) is 31.0 Å². The number of nitrogens with zero attached hydrogens (tertiary/aromatic N) is 2. The van der Waals surface area contributed by atoms with Crippen LogP contribution in [0.1, 0.15) is 29.0 Å². The Hall–Kier alpha value is -2.27. The van der Waals surface area contributed by atoms with Crippen molar-refractivity contribution in [2.24, 2.45) is 0 Å². The maximum Gasteiger partial charge on any atom is 0.290 e. The third kappa shape index (κ3) is 3.31. The standard InChI is InChI=1S/C19H22N2O3/c22-19(21-11-9-20(10-12-21)16-6-7-16)18-15(8-13-23-18)14-24-17-4-2-1-3-5-17/h1-5,8,13,16H,6-7,9-12,14H2. The highest BCUT2D eigenvalue weighted by molar-refractivity contribution is 5.93. The molecule has 4 rings (SSSR count). The van der Waals surface area contributed by atoms with Gasteiger partial charge in [0.15, 0.2) is 5.76 Å². The van der Waals surface area contributed by atoms with Crippen molar-refractivity contribution in [1.29, 1.82) is 0 Å². The molecular weight excluding hydrogens is 304 g/mol. The van der Waals surface area contributed by atoms with E-state index >= 15 is 0 Å². The lowest BCUT2D eigenvalue weighted by Crippen LogP contribution is -2.49. The van der Waals surface area contributed by atoms with E-state index < -0.39 is 0 Å². The Balaban J connectivity index is 1.37. The fourth-order valence-corrected chi connectivity index (χ4v) is 3.19. The molecule has 0 bridgehead atoms. The van der Waals surface area contributed by atoms with Gasteiger partial charge in [-0.25, -0.2) is 0 Å². The van der Waals surface area contributed by atoms with Crippen LogP contribution in [0, 0.1) is 0 Å². The van der Waals surface area contributed by atoms with Crippen molar-refractivity contribution in [3.05, 3.63) is 54.0 Å². The second-order valence-corrected chi connectivity index (χ2v) is 6.44. The third-order valence-electron chi connectivity index (χ3n) is 4.74. The fraction of sp³-hybridized carbons (Fsp3) is 0.421. The summed E-state index contributed by atoms with van der Waals surface area (Å²) in [7, 11) is 0. The summed E-state index contributed by atoms with van der Waals surface area (Å²) in [5.74, 6) is 1.17. The molecule has 5 nitrogen and oxygen atoms in total. The Morgan fingerprint density at radius 1 is 1.08 bits per heavy atom. The first-order chi connectivity index (χ1) is 11.8. The molecular formula is C19H22N2O3. The summed E-state index contributed by atoms with van der Waals surface area (Å²) in [4.78, 5) is 17.1. The van der Waals surface area contributed by atoms with E-state index in [0.29, 0.717) is 12.4 Å². The lowest BCUT2D eigenvalue weighted by molar-refractivity contribution is 0.0593. The number of hydrogen-bond donors (Lipinski definition) is 0. The van der Waals surface area contributed by atoms with Crippen molar-refractivity contribution in [1.82, 2.24) is 9.80 Å². The van der Waals surface area contributed by atoms with E-state index in [-0.39, 0.29) is 5.91 Å². The van der Waals surface area contributed by atoms with Crippen LogP contribution in [0.25, 0.3) is 0 Å². The highest BCUT2D eigenvalue weighted by Gasteiger charge is 2.33. The first-order valence-corrected chi connectivity index (χ1v) is 8.59. The van der Waals surface area contributed by atoms with Gasteiger partial charge >= 0.3 is 0 Å². The summed E-state index contributed by atoms with van der Waals surface area (Å²) in [6, 6.07) is 12.2. The lowest BCUT2D eigenvalue weighted by atomic mass is 10.2. The maximum atomic E-state index is 12.7. The molecule has 2 heterocycles. The highest BCUT2D eigenvalue weighted by Crippen LogP contribution is 2.28. The summed E-state index contributed by atoms with van der Waals surface area (Å²) in [6.07, 6.45) is 4.19. The molecule has 1 saturated heterocycles. The number of furan rings is 1. The Bertz CT molecular complexity index is 686. The lowest BCUT2D eigenvalue weighted by Gasteiger charge is -2.34. The first kappa shape index (κ1) is 15.3. The van der Waals surface area contributed by atoms with Crippen molar-refractivity contribution in [2.75, 3.05) is 26.2 Å². The van der Waals surface area contributed by atoms with Gasteiger partial charge in [0.1, 0.15) is 12.4 Å². The second kappa shape index (κ2) is 6.69. The van der Waals surface area contributed by atoms with Crippen LogP contribution < -0.4 is 4.74 Å². The molecule has 126 valence electrons. The number of carbonyl (C=O) groups excluding carboxylic acids is 1. The Morgan fingerprint density at radius 2 is 1.83 bits per heavy atom. The Morgan fingerprint density at radius 3 is 2.54 bits per heavy atom. The summed E-state index contributed by atoms with van der Waals surface area (Å²) in [5.41, 5.74) is 0.800. The van der Waals surface area contributed by atoms with E-state index in [4.69, 9.17) is 9.15 Å². The summed E-state index contributed by atoms with van der Waals surface area (Å²) in [5, 5.41) is 0. The molecule has 2 aliphatic rings. The predicted octanol–water partition coefficient (Wildman–Crippen LogP) is 2.78. The van der Waals surface area contributed by atoms with Gasteiger partial charge in [-0.15, -0.1) is 0 Å². The van der Waals surface area contributed by atoms with Gasteiger partial charge in [0.25, 0.3) is 5.91 Å². The summed E-state index contributed by atoms with van der Waals surface area (Å²) in [6.45, 7) is 3.81. The number of benzene rings is 1. The third-order valence-corrected chi connectivity index (χ3v) is 4.74. The average molecular weight is 326 g/mol. The SMILES string of the molecule is O=C(c1occc1COc1ccccc1)N1CCN(C2CC2)CC1. The first-order valence-electron chi connectivity index (χ1n) is 8.59. The van der Waals surface area contributed by atoms with Crippen LogP contribution in [0.5, 0.6) is 5.75 Å². The zero-order valence-electron chi connectivity index (χ0n) is 13.7. The van der Waals surface area contributed by atoms with Crippen LogP contribution in [0.3, 0.4) is 0 Å². The average Bonchev–Trinajstić information content (AvgIpc) is 3.38. The molecule has 1 amide bonds. The van der Waals surface area contributed by atoms with Gasteiger partial charge in [0.05, 0.1) is 6.26 Å². The maximum absolute atomic E-state index is 12.7. The number of ether oxygens (including phenoxy) is 1. The second-order valence-electron chi connectivity index (χ2n) is 6.44. The van der Waals surface area contributed by atoms with Crippen molar-refractivity contribution >= 4 is 5.91 Å². The number of hydrogen-bond acceptors (Lipinski definition) is 4. The van der Waals surface area contributed by atoms with Crippen LogP contribution in [-0.2, 0) is 6.61 Å². The number of amides is 1. The molecule has 24 heavy (non-hydrogen) atoms. The van der Waals surface area contributed by atoms with Gasteiger partial charge in [0.2, 0.25) is 0 Å². The van der Waals surface area contributed by atoms with Crippen LogP contribution in [0.15, 0.2) is 47.1 Å². The molecule has 5 heteroatoms. The smallest absolute Gasteiger partial charge is 0.290 e. The minimum atomic E-state index is -0.0258. The van der Waals surface area contributed by atoms with E-state index in [1.54, 1.807) is 6.26 Å². The molecule has 0 N–H and O–H groups in total. The van der Waals surface area contributed by atoms with Crippen molar-refractivity contribution < 1.29 is 13.9 Å². The molecule has 0 unspecified atom stereocenters. The molecule has 1 aromatic heterocycles. The van der Waals surface area contributed by atoms with Gasteiger partial charge in [-0.1, -0.05) is 18.2 Å². The van der Waals surface area contributed by atoms with Crippen LogP contribution >= 0.6 is 0 Å². The van der Waals surface area contributed by atoms with Crippen LogP contribution in [0.2, 0.25) is 0 Å². The van der Waals surface area contributed by atoms with E-state index in [1.807, 2.05) is 41.3 Å². The number of carbonyl (C=O) groups is 1. The molecule has 1 aliphatic heterocycles. The monoisotopic (exact) mass is 326 g/mol. The normalized spacial score (nSPS) is 18.6. The molecule has 0 radical (unpaired) electrons. The van der Waals surface area contributed by atoms with Crippen molar-refractivity contribution in [3.63, 3.8) is 0 Å².